The van der Waals surface area contributed by atoms with E-state index in [-0.39, 0.29) is 11.3 Å². The van der Waals surface area contributed by atoms with Crippen LogP contribution in [0.3, 0.4) is 0 Å². The molecule has 0 amide bonds. The van der Waals surface area contributed by atoms with Crippen LogP contribution in [0.5, 0.6) is 0 Å². The smallest absolute Gasteiger partial charge is 0.0547 e. The first-order valence-corrected chi connectivity index (χ1v) is 20.8. The van der Waals surface area contributed by atoms with Crippen molar-refractivity contribution in [3.63, 3.8) is 0 Å². The molecule has 0 atom stereocenters. The predicted octanol–water partition coefficient (Wildman–Crippen LogP) is 15.2. The van der Waals surface area contributed by atoms with Crippen LogP contribution >= 0.6 is 0 Å². The Labute approximate surface area is 345 Å². The molecule has 0 radical (unpaired) electrons. The summed E-state index contributed by atoms with van der Waals surface area (Å²) in [5, 5.41) is 5.09. The van der Waals surface area contributed by atoms with Gasteiger partial charge in [-0.15, -0.1) is 0 Å². The normalized spacial score (nSPS) is 14.1. The van der Waals surface area contributed by atoms with E-state index in [1.54, 1.807) is 0 Å². The Morgan fingerprint density at radius 2 is 1.08 bits per heavy atom. The van der Waals surface area contributed by atoms with E-state index in [1.165, 1.54) is 105 Å². The van der Waals surface area contributed by atoms with Crippen LogP contribution in [-0.2, 0) is 5.41 Å². The van der Waals surface area contributed by atoms with E-state index in [1.807, 2.05) is 0 Å². The fourth-order valence-corrected chi connectivity index (χ4v) is 10.4. The summed E-state index contributed by atoms with van der Waals surface area (Å²) in [5.74, 6) is 0.152. The Morgan fingerprint density at radius 1 is 0.441 bits per heavy atom. The standard InChI is InChI=1S/C57H42N2/c1-36-24-27-40(28-25-36)58-54-31-29-41(59-52-22-11-9-19-45(52)56(38-15-5-4-6-16-38)46-20-10-12-23-53(46)59)33-48(54)49-34-51-47(35-55(49)58)44-30-26-39(32-50(44)57(51,2)3)43-21-13-17-37-14-7-8-18-42(37)43/h4-35,56H,1-3H3. The Bertz CT molecular complexity index is 3260. The molecule has 2 heterocycles. The molecule has 0 saturated carbocycles. The van der Waals surface area contributed by atoms with Crippen molar-refractivity contribution in [2.45, 2.75) is 32.1 Å². The predicted molar refractivity (Wildman–Crippen MR) is 248 cm³/mol. The Balaban J connectivity index is 1.07. The summed E-state index contributed by atoms with van der Waals surface area (Å²) in [6, 6.07) is 72.5. The average molecular weight is 755 g/mol. The first kappa shape index (κ1) is 33.9. The van der Waals surface area contributed by atoms with Gasteiger partial charge in [0.2, 0.25) is 0 Å². The van der Waals surface area contributed by atoms with Gasteiger partial charge < -0.3 is 9.47 Å². The summed E-state index contributed by atoms with van der Waals surface area (Å²) in [7, 11) is 0. The summed E-state index contributed by atoms with van der Waals surface area (Å²) in [6.07, 6.45) is 0. The van der Waals surface area contributed by atoms with Crippen LogP contribution in [0.2, 0.25) is 0 Å². The van der Waals surface area contributed by atoms with E-state index < -0.39 is 0 Å². The molecule has 2 aliphatic rings. The van der Waals surface area contributed by atoms with Gasteiger partial charge in [-0.25, -0.2) is 0 Å². The number of para-hydroxylation sites is 2. The highest BCUT2D eigenvalue weighted by Gasteiger charge is 2.37. The third kappa shape index (κ3) is 4.99. The van der Waals surface area contributed by atoms with Gasteiger partial charge in [-0.3, -0.25) is 0 Å². The summed E-state index contributed by atoms with van der Waals surface area (Å²) < 4.78 is 2.48. The van der Waals surface area contributed by atoms with Crippen molar-refractivity contribution in [3.8, 4) is 27.9 Å². The summed E-state index contributed by atoms with van der Waals surface area (Å²) >= 11 is 0. The number of rotatable bonds is 4. The van der Waals surface area contributed by atoms with Gasteiger partial charge in [0, 0.05) is 33.5 Å². The van der Waals surface area contributed by atoms with Gasteiger partial charge in [-0.1, -0.05) is 153 Å². The Hall–Kier alpha value is -7.16. The van der Waals surface area contributed by atoms with E-state index in [9.17, 15) is 0 Å². The third-order valence-corrected chi connectivity index (χ3v) is 13.3. The molecule has 59 heavy (non-hydrogen) atoms. The average Bonchev–Trinajstić information content (AvgIpc) is 3.71. The van der Waals surface area contributed by atoms with Crippen LogP contribution in [0, 0.1) is 6.92 Å². The van der Waals surface area contributed by atoms with E-state index >= 15 is 0 Å². The number of anilines is 3. The maximum absolute atomic E-state index is 2.52. The second-order valence-corrected chi connectivity index (χ2v) is 17.0. The molecule has 12 rings (SSSR count). The van der Waals surface area contributed by atoms with Crippen LogP contribution in [0.4, 0.5) is 17.1 Å². The SMILES string of the molecule is Cc1ccc(-n2c3ccc(N4c5ccccc5C(c5ccccc5)c5ccccc54)cc3c3cc4c(cc32)-c2ccc(-c3cccc5ccccc35)cc2C4(C)C)cc1. The molecule has 2 nitrogen and oxygen atoms in total. The number of hydrogen-bond acceptors (Lipinski definition) is 1. The van der Waals surface area contributed by atoms with Crippen LogP contribution in [0.15, 0.2) is 194 Å². The first-order chi connectivity index (χ1) is 28.9. The lowest BCUT2D eigenvalue weighted by molar-refractivity contribution is 0.661. The number of fused-ring (bicyclic) bond motifs is 9. The van der Waals surface area contributed by atoms with Gasteiger partial charge in [0.1, 0.15) is 0 Å². The minimum Gasteiger partial charge on any atom is -0.310 e. The molecule has 1 aliphatic heterocycles. The monoisotopic (exact) mass is 754 g/mol. The zero-order valence-corrected chi connectivity index (χ0v) is 33.4. The largest absolute Gasteiger partial charge is 0.310 e. The van der Waals surface area contributed by atoms with Gasteiger partial charge in [0.15, 0.2) is 0 Å². The van der Waals surface area contributed by atoms with E-state index in [4.69, 9.17) is 0 Å². The van der Waals surface area contributed by atoms with Gasteiger partial charge in [0.25, 0.3) is 0 Å². The second-order valence-electron chi connectivity index (χ2n) is 17.0. The van der Waals surface area contributed by atoms with Gasteiger partial charge in [-0.2, -0.15) is 0 Å². The Kier molecular flexibility index (Phi) is 7.29. The molecule has 2 heteroatoms. The van der Waals surface area contributed by atoms with Crippen LogP contribution in [0.1, 0.15) is 53.1 Å². The summed E-state index contributed by atoms with van der Waals surface area (Å²) in [5.41, 5.74) is 20.2. The van der Waals surface area contributed by atoms with Crippen molar-refractivity contribution in [3.05, 3.63) is 228 Å². The second kappa shape index (κ2) is 12.7. The zero-order chi connectivity index (χ0) is 39.4. The number of nitrogens with zero attached hydrogens (tertiary/aromatic N) is 2. The molecule has 9 aromatic carbocycles. The summed E-state index contributed by atoms with van der Waals surface area (Å²) in [4.78, 5) is 2.49. The number of aryl methyl sites for hydroxylation is 1. The zero-order valence-electron chi connectivity index (χ0n) is 33.4. The highest BCUT2D eigenvalue weighted by atomic mass is 15.2. The van der Waals surface area contributed by atoms with Crippen molar-refractivity contribution in [1.82, 2.24) is 4.57 Å². The van der Waals surface area contributed by atoms with Gasteiger partial charge >= 0.3 is 0 Å². The lowest BCUT2D eigenvalue weighted by atomic mass is 9.80. The van der Waals surface area contributed by atoms with Crippen LogP contribution in [0.25, 0.3) is 60.5 Å². The van der Waals surface area contributed by atoms with Gasteiger partial charge in [-0.05, 0) is 128 Å². The first-order valence-electron chi connectivity index (χ1n) is 20.8. The molecule has 0 spiro atoms. The quantitative estimate of drug-likeness (QED) is 0.174. The van der Waals surface area contributed by atoms with Crippen molar-refractivity contribution in [2.24, 2.45) is 0 Å². The van der Waals surface area contributed by atoms with Crippen molar-refractivity contribution >= 4 is 49.6 Å². The molecule has 0 unspecified atom stereocenters. The van der Waals surface area contributed by atoms with E-state index in [0.717, 1.165) is 5.69 Å². The fourth-order valence-electron chi connectivity index (χ4n) is 10.4. The molecular weight excluding hydrogens is 713 g/mol. The molecule has 280 valence electrons. The number of aromatic nitrogens is 1. The molecule has 1 aromatic heterocycles. The molecule has 0 N–H and O–H groups in total. The lowest BCUT2D eigenvalue weighted by Crippen LogP contribution is -2.22. The summed E-state index contributed by atoms with van der Waals surface area (Å²) in [6.45, 7) is 6.98. The lowest BCUT2D eigenvalue weighted by Gasteiger charge is -2.38. The minimum absolute atomic E-state index is 0.152. The highest BCUT2D eigenvalue weighted by molar-refractivity contribution is 6.13. The van der Waals surface area contributed by atoms with Crippen LogP contribution in [-0.4, -0.2) is 4.57 Å². The number of benzene rings is 9. The third-order valence-electron chi connectivity index (χ3n) is 13.3. The molecular formula is C57H42N2. The molecule has 0 fully saturated rings. The topological polar surface area (TPSA) is 8.17 Å². The molecule has 1 aliphatic carbocycles. The van der Waals surface area contributed by atoms with Crippen LogP contribution < -0.4 is 4.90 Å². The maximum Gasteiger partial charge on any atom is 0.0547 e. The van der Waals surface area contributed by atoms with Crippen molar-refractivity contribution < 1.29 is 0 Å². The molecule has 0 bridgehead atoms. The molecule has 0 saturated heterocycles. The van der Waals surface area contributed by atoms with E-state index in [0.29, 0.717) is 0 Å². The van der Waals surface area contributed by atoms with Crippen molar-refractivity contribution in [2.75, 3.05) is 4.90 Å². The highest BCUT2D eigenvalue weighted by Crippen LogP contribution is 2.54. The number of hydrogen-bond donors (Lipinski definition) is 0. The minimum atomic E-state index is -0.188. The van der Waals surface area contributed by atoms with E-state index in [2.05, 4.69) is 224 Å². The molecule has 10 aromatic rings. The fraction of sp³-hybridized carbons (Fsp3) is 0.0877. The van der Waals surface area contributed by atoms with Crippen molar-refractivity contribution in [1.29, 1.82) is 0 Å². The van der Waals surface area contributed by atoms with Gasteiger partial charge in [0.05, 0.1) is 22.4 Å². The Morgan fingerprint density at radius 3 is 1.86 bits per heavy atom. The maximum atomic E-state index is 2.52.